The molecule has 0 aromatic carbocycles. The van der Waals surface area contributed by atoms with Gasteiger partial charge < -0.3 is 13.9 Å². The molecule has 1 aliphatic rings. The number of ether oxygens (including phenoxy) is 2. The van der Waals surface area contributed by atoms with Gasteiger partial charge in [-0.05, 0) is 24.3 Å². The summed E-state index contributed by atoms with van der Waals surface area (Å²) in [5, 5.41) is 0. The molecule has 0 unspecified atom stereocenters. The molecule has 1 aromatic heterocycles. The smallest absolute Gasteiger partial charge is 0.177 e. The third-order valence-corrected chi connectivity index (χ3v) is 1.61. The summed E-state index contributed by atoms with van der Waals surface area (Å²) in [7, 11) is 0. The molecule has 0 saturated carbocycles. The van der Waals surface area contributed by atoms with Gasteiger partial charge in [0.2, 0.25) is 0 Å². The van der Waals surface area contributed by atoms with Crippen molar-refractivity contribution in [3.8, 4) is 0 Å². The Labute approximate surface area is 70.6 Å². The van der Waals surface area contributed by atoms with Crippen LogP contribution in [-0.4, -0.2) is 19.5 Å². The van der Waals surface area contributed by atoms with Gasteiger partial charge in [0.05, 0.1) is 19.5 Å². The van der Waals surface area contributed by atoms with Gasteiger partial charge in [-0.2, -0.15) is 0 Å². The minimum atomic E-state index is -0.199. The van der Waals surface area contributed by atoms with E-state index in [-0.39, 0.29) is 6.29 Å². The second-order valence-corrected chi connectivity index (χ2v) is 2.48. The summed E-state index contributed by atoms with van der Waals surface area (Å²) in [6.45, 7) is 1.35. The molecule has 0 spiro atoms. The van der Waals surface area contributed by atoms with Crippen LogP contribution in [0, 0.1) is 0 Å². The lowest BCUT2D eigenvalue weighted by atomic mass is 10.4. The molecule has 3 heteroatoms. The van der Waals surface area contributed by atoms with E-state index >= 15 is 0 Å². The van der Waals surface area contributed by atoms with E-state index in [2.05, 4.69) is 0 Å². The van der Waals surface area contributed by atoms with Gasteiger partial charge in [0.15, 0.2) is 6.29 Å². The predicted octanol–water partition coefficient (Wildman–Crippen LogP) is 1.67. The molecule has 0 atom stereocenters. The Balaban J connectivity index is 1.93. The van der Waals surface area contributed by atoms with Crippen molar-refractivity contribution >= 4 is 6.08 Å². The third-order valence-electron chi connectivity index (χ3n) is 1.61. The lowest BCUT2D eigenvalue weighted by molar-refractivity contribution is -0.000955. The zero-order chi connectivity index (χ0) is 8.23. The number of hydrogen-bond donors (Lipinski definition) is 0. The van der Waals surface area contributed by atoms with Crippen molar-refractivity contribution in [2.24, 2.45) is 0 Å². The lowest BCUT2D eigenvalue weighted by Gasteiger charge is -1.99. The normalized spacial score (nSPS) is 19.3. The monoisotopic (exact) mass is 166 g/mol. The first-order chi connectivity index (χ1) is 5.95. The van der Waals surface area contributed by atoms with Crippen LogP contribution in [0.3, 0.4) is 0 Å². The number of rotatable bonds is 2. The SMILES string of the molecule is C(=C\C1OCCO1)/c1ccco1. The van der Waals surface area contributed by atoms with Gasteiger partial charge in [-0.25, -0.2) is 0 Å². The lowest BCUT2D eigenvalue weighted by Crippen LogP contribution is -2.01. The fraction of sp³-hybridized carbons (Fsp3) is 0.333. The first-order valence-electron chi connectivity index (χ1n) is 3.90. The highest BCUT2D eigenvalue weighted by Gasteiger charge is 2.11. The molecular weight excluding hydrogens is 156 g/mol. The number of hydrogen-bond acceptors (Lipinski definition) is 3. The van der Waals surface area contributed by atoms with Gasteiger partial charge in [-0.1, -0.05) is 0 Å². The maximum atomic E-state index is 5.20. The van der Waals surface area contributed by atoms with Gasteiger partial charge in [0.1, 0.15) is 5.76 Å². The van der Waals surface area contributed by atoms with Crippen molar-refractivity contribution in [1.29, 1.82) is 0 Å². The Morgan fingerprint density at radius 1 is 1.33 bits per heavy atom. The fourth-order valence-electron chi connectivity index (χ4n) is 1.05. The Bertz CT molecular complexity index is 245. The molecule has 1 aliphatic heterocycles. The van der Waals surface area contributed by atoms with Crippen molar-refractivity contribution in [2.45, 2.75) is 6.29 Å². The summed E-state index contributed by atoms with van der Waals surface area (Å²) >= 11 is 0. The third kappa shape index (κ3) is 1.75. The van der Waals surface area contributed by atoms with E-state index in [0.717, 1.165) is 5.76 Å². The first kappa shape index (κ1) is 7.58. The van der Waals surface area contributed by atoms with E-state index in [9.17, 15) is 0 Å². The second kappa shape index (κ2) is 3.56. The van der Waals surface area contributed by atoms with Crippen LogP contribution in [0.15, 0.2) is 28.9 Å². The molecule has 2 heterocycles. The molecule has 1 saturated heterocycles. The molecule has 64 valence electrons. The Hall–Kier alpha value is -1.06. The van der Waals surface area contributed by atoms with E-state index in [1.165, 1.54) is 0 Å². The molecule has 1 aromatic rings. The molecule has 2 rings (SSSR count). The zero-order valence-corrected chi connectivity index (χ0v) is 6.60. The van der Waals surface area contributed by atoms with Crippen LogP contribution in [0.1, 0.15) is 5.76 Å². The maximum Gasteiger partial charge on any atom is 0.177 e. The molecule has 1 fully saturated rings. The minimum absolute atomic E-state index is 0.199. The van der Waals surface area contributed by atoms with Crippen molar-refractivity contribution < 1.29 is 13.9 Å². The van der Waals surface area contributed by atoms with E-state index < -0.39 is 0 Å². The molecule has 0 bridgehead atoms. The van der Waals surface area contributed by atoms with Crippen molar-refractivity contribution in [3.05, 3.63) is 30.2 Å². The summed E-state index contributed by atoms with van der Waals surface area (Å²) < 4.78 is 15.5. The fourth-order valence-corrected chi connectivity index (χ4v) is 1.05. The summed E-state index contributed by atoms with van der Waals surface area (Å²) in [4.78, 5) is 0. The van der Waals surface area contributed by atoms with E-state index in [1.54, 1.807) is 6.26 Å². The minimum Gasteiger partial charge on any atom is -0.465 e. The van der Waals surface area contributed by atoms with Crippen LogP contribution in [0.4, 0.5) is 0 Å². The Morgan fingerprint density at radius 3 is 2.83 bits per heavy atom. The highest BCUT2D eigenvalue weighted by Crippen LogP contribution is 2.08. The van der Waals surface area contributed by atoms with Crippen LogP contribution in [-0.2, 0) is 9.47 Å². The van der Waals surface area contributed by atoms with Crippen LogP contribution >= 0.6 is 0 Å². The molecule has 0 aliphatic carbocycles. The first-order valence-corrected chi connectivity index (χ1v) is 3.90. The zero-order valence-electron chi connectivity index (χ0n) is 6.60. The topological polar surface area (TPSA) is 31.6 Å². The summed E-state index contributed by atoms with van der Waals surface area (Å²) in [5.41, 5.74) is 0. The quantitative estimate of drug-likeness (QED) is 0.669. The number of furan rings is 1. The van der Waals surface area contributed by atoms with Gasteiger partial charge in [-0.15, -0.1) is 0 Å². The predicted molar refractivity (Wildman–Crippen MR) is 43.4 cm³/mol. The largest absolute Gasteiger partial charge is 0.465 e. The van der Waals surface area contributed by atoms with Crippen molar-refractivity contribution in [1.82, 2.24) is 0 Å². The van der Waals surface area contributed by atoms with Gasteiger partial charge in [0, 0.05) is 0 Å². The molecular formula is C9H10O3. The average molecular weight is 166 g/mol. The standard InChI is InChI=1S/C9H10O3/c1-2-8(10-5-1)3-4-9-11-6-7-12-9/h1-5,9H,6-7H2/b4-3+. The summed E-state index contributed by atoms with van der Waals surface area (Å²) in [5.74, 6) is 0.814. The molecule has 0 radical (unpaired) electrons. The van der Waals surface area contributed by atoms with Crippen LogP contribution < -0.4 is 0 Å². The van der Waals surface area contributed by atoms with Crippen molar-refractivity contribution in [2.75, 3.05) is 13.2 Å². The van der Waals surface area contributed by atoms with Gasteiger partial charge >= 0.3 is 0 Å². The summed E-state index contributed by atoms with van der Waals surface area (Å²) in [6.07, 6.45) is 5.12. The van der Waals surface area contributed by atoms with Crippen LogP contribution in [0.2, 0.25) is 0 Å². The van der Waals surface area contributed by atoms with E-state index in [0.29, 0.717) is 13.2 Å². The average Bonchev–Trinajstić information content (AvgIpc) is 2.74. The van der Waals surface area contributed by atoms with Gasteiger partial charge in [-0.3, -0.25) is 0 Å². The molecule has 3 nitrogen and oxygen atoms in total. The Kier molecular flexibility index (Phi) is 2.25. The second-order valence-electron chi connectivity index (χ2n) is 2.48. The Morgan fingerprint density at radius 2 is 2.17 bits per heavy atom. The van der Waals surface area contributed by atoms with Crippen LogP contribution in [0.25, 0.3) is 6.08 Å². The highest BCUT2D eigenvalue weighted by molar-refractivity contribution is 5.42. The summed E-state index contributed by atoms with van der Waals surface area (Å²) in [6, 6.07) is 3.72. The van der Waals surface area contributed by atoms with Crippen molar-refractivity contribution in [3.63, 3.8) is 0 Å². The molecule has 0 N–H and O–H groups in total. The molecule has 12 heavy (non-hydrogen) atoms. The van der Waals surface area contributed by atoms with Gasteiger partial charge in [0.25, 0.3) is 0 Å². The highest BCUT2D eigenvalue weighted by atomic mass is 16.7. The van der Waals surface area contributed by atoms with E-state index in [4.69, 9.17) is 13.9 Å². The van der Waals surface area contributed by atoms with E-state index in [1.807, 2.05) is 24.3 Å². The maximum absolute atomic E-state index is 5.20. The van der Waals surface area contributed by atoms with Crippen LogP contribution in [0.5, 0.6) is 0 Å². The molecule has 0 amide bonds.